The maximum atomic E-state index is 6.35. The zero-order valence-electron chi connectivity index (χ0n) is 13.6. The van der Waals surface area contributed by atoms with Crippen molar-refractivity contribution < 1.29 is 0 Å². The maximum Gasteiger partial charge on any atom is 0.223 e. The van der Waals surface area contributed by atoms with Crippen LogP contribution in [0.5, 0.6) is 0 Å². The number of allylic oxidation sites excluding steroid dienone is 1. The number of aliphatic imine (C=N–C) groups is 1. The first-order chi connectivity index (χ1) is 11.6. The van der Waals surface area contributed by atoms with Crippen LogP contribution in [-0.4, -0.2) is 34.3 Å². The topological polar surface area (TPSA) is 102 Å². The van der Waals surface area contributed by atoms with E-state index in [4.69, 9.17) is 28.1 Å². The van der Waals surface area contributed by atoms with E-state index in [0.29, 0.717) is 28.1 Å². The highest BCUT2D eigenvalue weighted by Gasteiger charge is 2.47. The van der Waals surface area contributed by atoms with E-state index in [9.17, 15) is 0 Å². The van der Waals surface area contributed by atoms with Crippen molar-refractivity contribution in [3.63, 3.8) is 0 Å². The van der Waals surface area contributed by atoms with Crippen LogP contribution < -0.4 is 16.8 Å². The highest BCUT2D eigenvalue weighted by Crippen LogP contribution is 2.53. The summed E-state index contributed by atoms with van der Waals surface area (Å²) >= 11 is 6.35. The van der Waals surface area contributed by atoms with Crippen LogP contribution in [0.25, 0.3) is 5.57 Å². The number of aromatic nitrogens is 2. The normalized spacial score (nSPS) is 28.2. The second-order valence-corrected chi connectivity index (χ2v) is 7.73. The lowest BCUT2D eigenvalue weighted by Gasteiger charge is -2.15. The van der Waals surface area contributed by atoms with E-state index in [0.717, 1.165) is 43.5 Å². The van der Waals surface area contributed by atoms with E-state index in [2.05, 4.69) is 15.3 Å². The summed E-state index contributed by atoms with van der Waals surface area (Å²) in [5.41, 5.74) is 14.8. The fourth-order valence-corrected chi connectivity index (χ4v) is 3.88. The lowest BCUT2D eigenvalue weighted by atomic mass is 9.97. The predicted molar refractivity (Wildman–Crippen MR) is 97.0 cm³/mol. The third-order valence-corrected chi connectivity index (χ3v) is 5.66. The molecule has 0 aromatic carbocycles. The molecule has 7 heteroatoms. The molecule has 4 rings (SSSR count). The molecule has 2 saturated carbocycles. The van der Waals surface area contributed by atoms with Gasteiger partial charge < -0.3 is 16.8 Å². The summed E-state index contributed by atoms with van der Waals surface area (Å²) in [6.45, 7) is 0.896. The van der Waals surface area contributed by atoms with Gasteiger partial charge in [-0.2, -0.15) is 0 Å². The van der Waals surface area contributed by atoms with E-state index < -0.39 is 0 Å². The summed E-state index contributed by atoms with van der Waals surface area (Å²) in [6.07, 6.45) is 9.69. The third kappa shape index (κ3) is 3.00. The Hall–Kier alpha value is -1.66. The van der Waals surface area contributed by atoms with E-state index in [1.165, 1.54) is 12.8 Å². The zero-order valence-corrected chi connectivity index (χ0v) is 14.4. The fraction of sp³-hybridized carbons (Fsp3) is 0.588. The van der Waals surface area contributed by atoms with Gasteiger partial charge in [-0.1, -0.05) is 11.6 Å². The number of hydrogen-bond donors (Lipinski definition) is 3. The molecule has 1 aliphatic heterocycles. The predicted octanol–water partition coefficient (Wildman–Crippen LogP) is 2.35. The van der Waals surface area contributed by atoms with Gasteiger partial charge in [0.05, 0.1) is 16.9 Å². The van der Waals surface area contributed by atoms with Gasteiger partial charge >= 0.3 is 0 Å². The molecule has 0 amide bonds. The molecule has 1 aromatic heterocycles. The smallest absolute Gasteiger partial charge is 0.223 e. The van der Waals surface area contributed by atoms with E-state index in [-0.39, 0.29) is 6.04 Å². The molecule has 0 unspecified atom stereocenters. The molecule has 5 N–H and O–H groups in total. The van der Waals surface area contributed by atoms with E-state index >= 15 is 0 Å². The van der Waals surface area contributed by atoms with Crippen molar-refractivity contribution in [2.75, 3.05) is 11.9 Å². The molecule has 2 atom stereocenters. The van der Waals surface area contributed by atoms with Crippen LogP contribution in [0.3, 0.4) is 0 Å². The molecule has 2 fully saturated rings. The molecule has 1 aromatic rings. The Morgan fingerprint density at radius 3 is 2.83 bits per heavy atom. The highest BCUT2D eigenvalue weighted by molar-refractivity contribution is 6.35. The summed E-state index contributed by atoms with van der Waals surface area (Å²) in [4.78, 5) is 13.6. The van der Waals surface area contributed by atoms with Crippen LogP contribution in [-0.2, 0) is 0 Å². The summed E-state index contributed by atoms with van der Waals surface area (Å²) < 4.78 is 0. The second-order valence-electron chi connectivity index (χ2n) is 7.32. The van der Waals surface area contributed by atoms with Crippen molar-refractivity contribution in [2.45, 2.75) is 50.6 Å². The van der Waals surface area contributed by atoms with Crippen LogP contribution in [0.4, 0.5) is 5.95 Å². The van der Waals surface area contributed by atoms with Crippen LogP contribution in [0.1, 0.15) is 44.2 Å². The molecular formula is C17H23ClN6. The van der Waals surface area contributed by atoms with Crippen LogP contribution in [0.2, 0.25) is 5.02 Å². The molecule has 3 aliphatic rings. The first-order valence-corrected chi connectivity index (χ1v) is 8.97. The Bertz CT molecular complexity index is 709. The zero-order chi connectivity index (χ0) is 16.7. The van der Waals surface area contributed by atoms with Crippen LogP contribution in [0.15, 0.2) is 17.4 Å². The Morgan fingerprint density at radius 2 is 2.21 bits per heavy atom. The number of nitrogens with two attached hydrogens (primary N) is 2. The Kier molecular flexibility index (Phi) is 3.96. The van der Waals surface area contributed by atoms with E-state index in [1.54, 1.807) is 12.4 Å². The van der Waals surface area contributed by atoms with Crippen LogP contribution in [0, 0.1) is 5.41 Å². The lowest BCUT2D eigenvalue weighted by Crippen LogP contribution is -2.22. The largest absolute Gasteiger partial charge is 0.404 e. The van der Waals surface area contributed by atoms with Crippen molar-refractivity contribution in [1.29, 1.82) is 0 Å². The molecule has 2 aliphatic carbocycles. The number of nitrogens with zero attached hydrogens (tertiary/aromatic N) is 3. The second kappa shape index (κ2) is 6.01. The Labute approximate surface area is 146 Å². The molecule has 1 spiro atoms. The van der Waals surface area contributed by atoms with Gasteiger partial charge in [-0.25, -0.2) is 9.97 Å². The van der Waals surface area contributed by atoms with Gasteiger partial charge in [0.1, 0.15) is 0 Å². The summed E-state index contributed by atoms with van der Waals surface area (Å²) in [6, 6.07) is 0.578. The van der Waals surface area contributed by atoms with Crippen LogP contribution >= 0.6 is 11.6 Å². The van der Waals surface area contributed by atoms with Gasteiger partial charge in [-0.3, -0.25) is 4.99 Å². The Balaban J connectivity index is 1.56. The monoisotopic (exact) mass is 346 g/mol. The summed E-state index contributed by atoms with van der Waals surface area (Å²) in [7, 11) is 0. The molecule has 0 radical (unpaired) electrons. The van der Waals surface area contributed by atoms with Crippen molar-refractivity contribution in [3.05, 3.63) is 23.1 Å². The van der Waals surface area contributed by atoms with Gasteiger partial charge in [0.2, 0.25) is 5.95 Å². The van der Waals surface area contributed by atoms with Crippen molar-refractivity contribution >= 4 is 28.8 Å². The average molecular weight is 347 g/mol. The minimum absolute atomic E-state index is 0.261. The fourth-order valence-electron chi connectivity index (χ4n) is 3.69. The molecule has 0 bridgehead atoms. The number of hydrogen-bond acceptors (Lipinski definition) is 6. The maximum absolute atomic E-state index is 6.35. The number of anilines is 1. The van der Waals surface area contributed by atoms with Crippen molar-refractivity contribution in [1.82, 2.24) is 9.97 Å². The van der Waals surface area contributed by atoms with Crippen molar-refractivity contribution in [2.24, 2.45) is 21.9 Å². The number of halogens is 1. The quantitative estimate of drug-likeness (QED) is 0.776. The lowest BCUT2D eigenvalue weighted by molar-refractivity contribution is 0.586. The minimum atomic E-state index is 0.261. The van der Waals surface area contributed by atoms with Crippen molar-refractivity contribution in [3.8, 4) is 0 Å². The third-order valence-electron chi connectivity index (χ3n) is 5.39. The molecule has 24 heavy (non-hydrogen) atoms. The first kappa shape index (κ1) is 15.8. The number of rotatable bonds is 4. The van der Waals surface area contributed by atoms with E-state index in [1.807, 2.05) is 0 Å². The van der Waals surface area contributed by atoms with Gasteiger partial charge in [0.25, 0.3) is 0 Å². The molecule has 128 valence electrons. The molecule has 2 heterocycles. The molecule has 0 saturated heterocycles. The number of nitrogens with one attached hydrogen (secondary N) is 1. The molecular weight excluding hydrogens is 324 g/mol. The van der Waals surface area contributed by atoms with Gasteiger partial charge in [0.15, 0.2) is 0 Å². The summed E-state index contributed by atoms with van der Waals surface area (Å²) in [5.74, 6) is 0.576. The van der Waals surface area contributed by atoms with Gasteiger partial charge in [-0.15, -0.1) is 0 Å². The molecule has 6 nitrogen and oxygen atoms in total. The Morgan fingerprint density at radius 1 is 1.38 bits per heavy atom. The minimum Gasteiger partial charge on any atom is -0.404 e. The standard InChI is InChI=1S/C17H23ClN6/c18-13-8-21-16(23-11-2-1-10(20)5-11)24-15(13)12(7-19)14-6-17(3-4-17)9-22-14/h7-8,10-11H,1-6,9,19-20H2,(H,21,23,24)/t10-,11-/m1/s1. The van der Waals surface area contributed by atoms with Gasteiger partial charge in [0, 0.05) is 36.1 Å². The summed E-state index contributed by atoms with van der Waals surface area (Å²) in [5, 5.41) is 3.87. The average Bonchev–Trinajstić information content (AvgIpc) is 2.99. The SMILES string of the molecule is NC=C(C1=NCC2(CC2)C1)c1nc(N[C@@H]2CC[C@@H](N)C2)ncc1Cl. The highest BCUT2D eigenvalue weighted by atomic mass is 35.5. The first-order valence-electron chi connectivity index (χ1n) is 8.59. The van der Waals surface area contributed by atoms with Gasteiger partial charge in [-0.05, 0) is 43.9 Å².